The van der Waals surface area contributed by atoms with Crippen LogP contribution >= 0.6 is 35.3 Å². The minimum atomic E-state index is 0. The van der Waals surface area contributed by atoms with Crippen molar-refractivity contribution in [1.29, 1.82) is 0 Å². The van der Waals surface area contributed by atoms with Crippen LogP contribution in [0.1, 0.15) is 52.7 Å². The Hall–Kier alpha value is -0.570. The molecule has 0 saturated carbocycles. The molecule has 2 N–H and O–H groups in total. The van der Waals surface area contributed by atoms with E-state index in [2.05, 4.69) is 53.7 Å². The van der Waals surface area contributed by atoms with Crippen LogP contribution in [0.4, 0.5) is 5.13 Å². The number of rotatable bonds is 9. The number of nitrogens with zero attached hydrogens (tertiary/aromatic N) is 3. The fourth-order valence-electron chi connectivity index (χ4n) is 2.19. The minimum absolute atomic E-state index is 0. The molecule has 140 valence electrons. The van der Waals surface area contributed by atoms with Crippen molar-refractivity contribution in [3.8, 4) is 0 Å². The Morgan fingerprint density at radius 3 is 2.54 bits per heavy atom. The molecule has 0 aliphatic heterocycles. The average molecular weight is 467 g/mol. The van der Waals surface area contributed by atoms with Crippen molar-refractivity contribution in [2.45, 2.75) is 59.5 Å². The highest BCUT2D eigenvalue weighted by Gasteiger charge is 2.07. The summed E-state index contributed by atoms with van der Waals surface area (Å²) in [5.74, 6) is 1.66. The van der Waals surface area contributed by atoms with Gasteiger partial charge < -0.3 is 15.5 Å². The van der Waals surface area contributed by atoms with E-state index in [0.717, 1.165) is 29.2 Å². The molecule has 0 fully saturated rings. The number of nitrogens with one attached hydrogen (secondary N) is 2. The van der Waals surface area contributed by atoms with E-state index in [1.54, 1.807) is 11.3 Å². The van der Waals surface area contributed by atoms with E-state index in [9.17, 15) is 0 Å². The molecule has 0 saturated heterocycles. The summed E-state index contributed by atoms with van der Waals surface area (Å²) < 4.78 is 0. The van der Waals surface area contributed by atoms with Gasteiger partial charge in [-0.1, -0.05) is 26.7 Å². The van der Waals surface area contributed by atoms with Gasteiger partial charge in [-0.15, -0.1) is 35.3 Å². The largest absolute Gasteiger partial charge is 0.357 e. The minimum Gasteiger partial charge on any atom is -0.357 e. The van der Waals surface area contributed by atoms with Crippen molar-refractivity contribution in [2.24, 2.45) is 10.9 Å². The third-order valence-electron chi connectivity index (χ3n) is 3.47. The molecule has 1 atom stereocenters. The predicted octanol–water partition coefficient (Wildman–Crippen LogP) is 4.10. The molecule has 7 heteroatoms. The van der Waals surface area contributed by atoms with Crippen LogP contribution in [0, 0.1) is 5.92 Å². The average Bonchev–Trinajstić information content (AvgIpc) is 2.93. The third-order valence-corrected chi connectivity index (χ3v) is 4.52. The highest BCUT2D eigenvalue weighted by atomic mass is 127. The number of hydrogen-bond acceptors (Lipinski definition) is 4. The maximum absolute atomic E-state index is 4.66. The smallest absolute Gasteiger partial charge is 0.191 e. The molecule has 0 bridgehead atoms. The quantitative estimate of drug-likeness (QED) is 0.326. The standard InChI is InChI=1S/C17H33N5S.HI/c1-7-18-16(20-14(4)10-8-9-13(2)3)19-11-15-12-23-17(21-15)22(5)6;/h12-14H,7-11H2,1-6H3,(H2,18,19,20);1H. The summed E-state index contributed by atoms with van der Waals surface area (Å²) in [6.07, 6.45) is 3.71. The molecule has 0 spiro atoms. The second-order valence-corrected chi connectivity index (χ2v) is 7.42. The molecule has 1 rings (SSSR count). The Balaban J connectivity index is 0.00000529. The lowest BCUT2D eigenvalue weighted by atomic mass is 10.0. The molecule has 0 aromatic carbocycles. The van der Waals surface area contributed by atoms with Gasteiger partial charge in [0.15, 0.2) is 11.1 Å². The second-order valence-electron chi connectivity index (χ2n) is 6.58. The molecule has 0 amide bonds. The Morgan fingerprint density at radius 1 is 1.29 bits per heavy atom. The number of guanidine groups is 1. The first kappa shape index (κ1) is 23.4. The molecule has 1 heterocycles. The molecule has 0 radical (unpaired) electrons. The number of halogens is 1. The first-order valence-corrected chi connectivity index (χ1v) is 9.46. The van der Waals surface area contributed by atoms with Crippen LogP contribution in [0.25, 0.3) is 0 Å². The van der Waals surface area contributed by atoms with Crippen molar-refractivity contribution >= 4 is 46.4 Å². The monoisotopic (exact) mass is 467 g/mol. The van der Waals surface area contributed by atoms with Crippen LogP contribution in [-0.2, 0) is 6.54 Å². The lowest BCUT2D eigenvalue weighted by Crippen LogP contribution is -2.42. The maximum Gasteiger partial charge on any atom is 0.191 e. The number of hydrogen-bond donors (Lipinski definition) is 2. The van der Waals surface area contributed by atoms with Crippen molar-refractivity contribution in [3.63, 3.8) is 0 Å². The molecule has 0 aliphatic carbocycles. The first-order valence-electron chi connectivity index (χ1n) is 8.59. The summed E-state index contributed by atoms with van der Waals surface area (Å²) in [5, 5.41) is 9.91. The summed E-state index contributed by atoms with van der Waals surface area (Å²) in [5.41, 5.74) is 1.02. The first-order chi connectivity index (χ1) is 10.9. The third kappa shape index (κ3) is 9.66. The highest BCUT2D eigenvalue weighted by molar-refractivity contribution is 14.0. The lowest BCUT2D eigenvalue weighted by molar-refractivity contribution is 0.491. The summed E-state index contributed by atoms with van der Waals surface area (Å²) in [4.78, 5) is 11.3. The molecular formula is C17H34IN5S. The number of aliphatic imine (C=N–C) groups is 1. The van der Waals surface area contributed by atoms with Gasteiger partial charge in [-0.3, -0.25) is 0 Å². The lowest BCUT2D eigenvalue weighted by Gasteiger charge is -2.18. The normalized spacial score (nSPS) is 12.7. The zero-order valence-corrected chi connectivity index (χ0v) is 19.1. The number of thiazole rings is 1. The number of aromatic nitrogens is 1. The zero-order valence-electron chi connectivity index (χ0n) is 15.9. The van der Waals surface area contributed by atoms with Crippen molar-refractivity contribution in [2.75, 3.05) is 25.5 Å². The maximum atomic E-state index is 4.66. The molecule has 5 nitrogen and oxygen atoms in total. The van der Waals surface area contributed by atoms with E-state index in [1.165, 1.54) is 19.3 Å². The zero-order chi connectivity index (χ0) is 17.2. The highest BCUT2D eigenvalue weighted by Crippen LogP contribution is 2.18. The molecule has 1 aromatic heterocycles. The van der Waals surface area contributed by atoms with Gasteiger partial charge in [0.2, 0.25) is 0 Å². The Kier molecular flexibility index (Phi) is 12.4. The molecule has 1 unspecified atom stereocenters. The second kappa shape index (κ2) is 12.7. The fourth-order valence-corrected chi connectivity index (χ4v) is 2.94. The van der Waals surface area contributed by atoms with Crippen LogP contribution in [0.2, 0.25) is 0 Å². The van der Waals surface area contributed by atoms with Crippen LogP contribution in [0.15, 0.2) is 10.4 Å². The number of anilines is 1. The van der Waals surface area contributed by atoms with Gasteiger partial charge in [0, 0.05) is 32.1 Å². The SMILES string of the molecule is CCNC(=NCc1csc(N(C)C)n1)NC(C)CCCC(C)C.I. The van der Waals surface area contributed by atoms with Crippen molar-refractivity contribution in [3.05, 3.63) is 11.1 Å². The Labute approximate surface area is 168 Å². The van der Waals surface area contributed by atoms with E-state index in [-0.39, 0.29) is 24.0 Å². The topological polar surface area (TPSA) is 52.6 Å². The van der Waals surface area contributed by atoms with Gasteiger partial charge in [0.05, 0.1) is 12.2 Å². The van der Waals surface area contributed by atoms with Crippen LogP contribution in [0.3, 0.4) is 0 Å². The van der Waals surface area contributed by atoms with Gasteiger partial charge in [0.1, 0.15) is 0 Å². The molecule has 24 heavy (non-hydrogen) atoms. The summed E-state index contributed by atoms with van der Waals surface area (Å²) in [7, 11) is 4.02. The predicted molar refractivity (Wildman–Crippen MR) is 118 cm³/mol. The van der Waals surface area contributed by atoms with E-state index < -0.39 is 0 Å². The van der Waals surface area contributed by atoms with Crippen LogP contribution in [-0.4, -0.2) is 37.6 Å². The van der Waals surface area contributed by atoms with Gasteiger partial charge in [0.25, 0.3) is 0 Å². The summed E-state index contributed by atoms with van der Waals surface area (Å²) in [6.45, 7) is 10.3. The molecule has 0 aliphatic rings. The Bertz CT molecular complexity index is 473. The van der Waals surface area contributed by atoms with Gasteiger partial charge in [-0.2, -0.15) is 0 Å². The van der Waals surface area contributed by atoms with E-state index >= 15 is 0 Å². The van der Waals surface area contributed by atoms with Crippen molar-refractivity contribution in [1.82, 2.24) is 15.6 Å². The van der Waals surface area contributed by atoms with Crippen molar-refractivity contribution < 1.29 is 0 Å². The van der Waals surface area contributed by atoms with Crippen LogP contribution in [0.5, 0.6) is 0 Å². The molecular weight excluding hydrogens is 433 g/mol. The van der Waals surface area contributed by atoms with E-state index in [4.69, 9.17) is 0 Å². The summed E-state index contributed by atoms with van der Waals surface area (Å²) >= 11 is 1.66. The Morgan fingerprint density at radius 2 is 2.00 bits per heavy atom. The van der Waals surface area contributed by atoms with Gasteiger partial charge >= 0.3 is 0 Å². The fraction of sp³-hybridized carbons (Fsp3) is 0.765. The van der Waals surface area contributed by atoms with E-state index in [0.29, 0.717) is 12.6 Å². The molecule has 1 aromatic rings. The van der Waals surface area contributed by atoms with Gasteiger partial charge in [-0.25, -0.2) is 9.98 Å². The van der Waals surface area contributed by atoms with Crippen LogP contribution < -0.4 is 15.5 Å². The van der Waals surface area contributed by atoms with E-state index in [1.807, 2.05) is 19.0 Å². The van der Waals surface area contributed by atoms with Gasteiger partial charge in [-0.05, 0) is 26.2 Å². The summed E-state index contributed by atoms with van der Waals surface area (Å²) in [6, 6.07) is 0.430.